The molecule has 1 amide bonds. The highest BCUT2D eigenvalue weighted by molar-refractivity contribution is 6.05. The van der Waals surface area contributed by atoms with Crippen molar-refractivity contribution in [1.82, 2.24) is 24.7 Å². The number of aromatic nitrogens is 5. The monoisotopic (exact) mass is 312 g/mol. The molecule has 8 heteroatoms. The number of hydrogen-bond acceptors (Lipinski definition) is 5. The van der Waals surface area contributed by atoms with Gasteiger partial charge in [-0.3, -0.25) is 24.6 Å². The Hall–Kier alpha value is -2.90. The predicted octanol–water partition coefficient (Wildman–Crippen LogP) is 1.95. The van der Waals surface area contributed by atoms with Crippen LogP contribution >= 0.6 is 0 Å². The van der Waals surface area contributed by atoms with Crippen molar-refractivity contribution in [3.8, 4) is 0 Å². The van der Waals surface area contributed by atoms with Crippen LogP contribution in [0.3, 0.4) is 0 Å². The van der Waals surface area contributed by atoms with Crippen molar-refractivity contribution >= 4 is 22.9 Å². The van der Waals surface area contributed by atoms with Crippen LogP contribution in [0.4, 0.5) is 10.3 Å². The number of benzene rings is 1. The molecule has 1 N–H and O–H groups in total. The van der Waals surface area contributed by atoms with E-state index in [1.807, 2.05) is 4.57 Å². The number of aryl methyl sites for hydroxylation is 1. The van der Waals surface area contributed by atoms with Crippen LogP contribution in [0.5, 0.6) is 0 Å². The quantitative estimate of drug-likeness (QED) is 0.781. The molecule has 0 fully saturated rings. The molecule has 4 rings (SSSR count). The van der Waals surface area contributed by atoms with Crippen LogP contribution in [0.25, 0.3) is 11.0 Å². The Kier molecular flexibility index (Phi) is 3.22. The topological polar surface area (TPSA) is 85.6 Å². The molecule has 0 unspecified atom stereocenters. The minimum Gasteiger partial charge on any atom is -0.297 e. The van der Waals surface area contributed by atoms with Crippen LogP contribution in [-0.2, 0) is 13.0 Å². The highest BCUT2D eigenvalue weighted by atomic mass is 19.1. The number of hydrogen-bond donors (Lipinski definition) is 1. The minimum absolute atomic E-state index is 0.0915. The van der Waals surface area contributed by atoms with Gasteiger partial charge in [0.2, 0.25) is 5.95 Å². The fourth-order valence-corrected chi connectivity index (χ4v) is 2.73. The third-order valence-corrected chi connectivity index (χ3v) is 3.89. The first-order chi connectivity index (χ1) is 11.2. The normalized spacial score (nSPS) is 13.8. The molecule has 0 saturated carbocycles. The molecule has 1 aromatic carbocycles. The van der Waals surface area contributed by atoms with Crippen molar-refractivity contribution in [3.63, 3.8) is 0 Å². The molecule has 3 aromatic rings. The molecule has 23 heavy (non-hydrogen) atoms. The number of anilines is 1. The molecule has 0 bridgehead atoms. The smallest absolute Gasteiger partial charge is 0.261 e. The van der Waals surface area contributed by atoms with Gasteiger partial charge in [-0.25, -0.2) is 4.39 Å². The third-order valence-electron chi connectivity index (χ3n) is 3.89. The fourth-order valence-electron chi connectivity index (χ4n) is 2.73. The van der Waals surface area contributed by atoms with Gasteiger partial charge in [-0.1, -0.05) is 0 Å². The Bertz CT molecular complexity index is 906. The summed E-state index contributed by atoms with van der Waals surface area (Å²) in [5.74, 6) is -0.0237. The van der Waals surface area contributed by atoms with E-state index in [9.17, 15) is 9.18 Å². The van der Waals surface area contributed by atoms with Gasteiger partial charge in [-0.15, -0.1) is 10.2 Å². The average molecular weight is 312 g/mol. The van der Waals surface area contributed by atoms with E-state index in [1.165, 1.54) is 24.5 Å². The molecule has 3 heterocycles. The lowest BCUT2D eigenvalue weighted by Gasteiger charge is -2.14. The molecule has 0 atom stereocenters. The molecule has 1 aliphatic rings. The molecular formula is C15H13FN6O. The molecule has 0 spiro atoms. The highest BCUT2D eigenvalue weighted by Gasteiger charge is 2.20. The Labute approximate surface area is 130 Å². The Morgan fingerprint density at radius 1 is 1.13 bits per heavy atom. The van der Waals surface area contributed by atoms with Crippen molar-refractivity contribution in [2.75, 3.05) is 5.32 Å². The van der Waals surface area contributed by atoms with Gasteiger partial charge >= 0.3 is 0 Å². The molecule has 0 radical (unpaired) electrons. The summed E-state index contributed by atoms with van der Waals surface area (Å²) in [4.78, 5) is 20.5. The van der Waals surface area contributed by atoms with Gasteiger partial charge in [0.15, 0.2) is 0 Å². The van der Waals surface area contributed by atoms with Crippen LogP contribution in [0.15, 0.2) is 24.5 Å². The van der Waals surface area contributed by atoms with E-state index in [0.717, 1.165) is 31.6 Å². The van der Waals surface area contributed by atoms with E-state index in [4.69, 9.17) is 0 Å². The first-order valence-corrected chi connectivity index (χ1v) is 7.36. The average Bonchev–Trinajstić information content (AvgIpc) is 2.97. The molecular weight excluding hydrogens is 299 g/mol. The second kappa shape index (κ2) is 5.38. The molecule has 0 aliphatic carbocycles. The zero-order chi connectivity index (χ0) is 15.8. The van der Waals surface area contributed by atoms with Gasteiger partial charge in [0.1, 0.15) is 11.6 Å². The molecule has 2 aromatic heterocycles. The molecule has 0 saturated heterocycles. The maximum absolute atomic E-state index is 14.2. The minimum atomic E-state index is -0.645. The van der Waals surface area contributed by atoms with Gasteiger partial charge < -0.3 is 0 Å². The SMILES string of the molecule is O=C(Nc1nnc2n1CCCC2)c1cc2nccnc2cc1F. The van der Waals surface area contributed by atoms with Crippen LogP contribution in [0, 0.1) is 5.82 Å². The maximum Gasteiger partial charge on any atom is 0.261 e. The number of halogens is 1. The van der Waals surface area contributed by atoms with Gasteiger partial charge in [-0.2, -0.15) is 0 Å². The van der Waals surface area contributed by atoms with Crippen LogP contribution in [-0.4, -0.2) is 30.6 Å². The fraction of sp³-hybridized carbons (Fsp3) is 0.267. The first-order valence-electron chi connectivity index (χ1n) is 7.36. The summed E-state index contributed by atoms with van der Waals surface area (Å²) in [6, 6.07) is 2.59. The Balaban J connectivity index is 1.67. The Morgan fingerprint density at radius 3 is 2.74 bits per heavy atom. The number of rotatable bonds is 2. The van der Waals surface area contributed by atoms with Crippen molar-refractivity contribution < 1.29 is 9.18 Å². The molecule has 116 valence electrons. The number of fused-ring (bicyclic) bond motifs is 2. The van der Waals surface area contributed by atoms with E-state index in [1.54, 1.807) is 0 Å². The zero-order valence-electron chi connectivity index (χ0n) is 12.2. The maximum atomic E-state index is 14.2. The lowest BCUT2D eigenvalue weighted by atomic mass is 10.1. The standard InChI is InChI=1S/C15H13FN6O/c16-10-8-12-11(17-4-5-18-12)7-9(10)14(23)19-15-21-20-13-3-1-2-6-22(13)15/h4-5,7-8H,1-3,6H2,(H,19,21,23). The van der Waals surface area contributed by atoms with Crippen LogP contribution < -0.4 is 5.32 Å². The van der Waals surface area contributed by atoms with E-state index >= 15 is 0 Å². The van der Waals surface area contributed by atoms with Crippen LogP contribution in [0.2, 0.25) is 0 Å². The molecule has 1 aliphatic heterocycles. The van der Waals surface area contributed by atoms with Crippen LogP contribution in [0.1, 0.15) is 29.0 Å². The van der Waals surface area contributed by atoms with Crippen molar-refractivity contribution in [2.45, 2.75) is 25.8 Å². The van der Waals surface area contributed by atoms with E-state index < -0.39 is 11.7 Å². The number of nitrogens with zero attached hydrogens (tertiary/aromatic N) is 5. The van der Waals surface area contributed by atoms with Gasteiger partial charge in [0.05, 0.1) is 16.6 Å². The lowest BCUT2D eigenvalue weighted by Crippen LogP contribution is -2.19. The summed E-state index contributed by atoms with van der Waals surface area (Å²) in [7, 11) is 0. The Morgan fingerprint density at radius 2 is 1.91 bits per heavy atom. The summed E-state index contributed by atoms with van der Waals surface area (Å²) in [6.45, 7) is 0.754. The summed E-state index contributed by atoms with van der Waals surface area (Å²) in [6.07, 6.45) is 5.88. The highest BCUT2D eigenvalue weighted by Crippen LogP contribution is 2.20. The van der Waals surface area contributed by atoms with Gasteiger partial charge in [0.25, 0.3) is 5.91 Å². The number of carbonyl (C=O) groups is 1. The summed E-state index contributed by atoms with van der Waals surface area (Å²) in [5.41, 5.74) is 0.773. The first kappa shape index (κ1) is 13.7. The lowest BCUT2D eigenvalue weighted by molar-refractivity contribution is 0.102. The number of nitrogens with one attached hydrogen (secondary N) is 1. The zero-order valence-corrected chi connectivity index (χ0v) is 12.2. The third kappa shape index (κ3) is 2.41. The van der Waals surface area contributed by atoms with Crippen molar-refractivity contribution in [2.24, 2.45) is 0 Å². The van der Waals surface area contributed by atoms with Gasteiger partial charge in [0, 0.05) is 31.4 Å². The summed E-state index contributed by atoms with van der Waals surface area (Å²) >= 11 is 0. The summed E-state index contributed by atoms with van der Waals surface area (Å²) in [5, 5.41) is 10.7. The number of carbonyl (C=O) groups excluding carboxylic acids is 1. The van der Waals surface area contributed by atoms with Gasteiger partial charge in [-0.05, 0) is 18.9 Å². The van der Waals surface area contributed by atoms with E-state index in [2.05, 4.69) is 25.5 Å². The van der Waals surface area contributed by atoms with Crippen molar-refractivity contribution in [1.29, 1.82) is 0 Å². The van der Waals surface area contributed by atoms with E-state index in [-0.39, 0.29) is 5.56 Å². The second-order valence-electron chi connectivity index (χ2n) is 5.38. The number of amides is 1. The summed E-state index contributed by atoms with van der Waals surface area (Å²) < 4.78 is 16.0. The predicted molar refractivity (Wildman–Crippen MR) is 80.4 cm³/mol. The molecule has 7 nitrogen and oxygen atoms in total. The largest absolute Gasteiger partial charge is 0.297 e. The van der Waals surface area contributed by atoms with E-state index in [0.29, 0.717) is 17.0 Å². The van der Waals surface area contributed by atoms with Crippen molar-refractivity contribution in [3.05, 3.63) is 41.7 Å². The second-order valence-corrected chi connectivity index (χ2v) is 5.38.